The summed E-state index contributed by atoms with van der Waals surface area (Å²) in [4.78, 5) is 3.22. The maximum absolute atomic E-state index is 5.29. The molecule has 3 nitrogen and oxygen atoms in total. The molecule has 0 atom stereocenters. The Morgan fingerprint density at radius 2 is 2.17 bits per heavy atom. The van der Waals surface area contributed by atoms with Crippen molar-refractivity contribution < 1.29 is 0 Å². The van der Waals surface area contributed by atoms with Crippen molar-refractivity contribution in [2.45, 2.75) is 20.3 Å². The number of aromatic amines is 1. The molecule has 1 aromatic carbocycles. The van der Waals surface area contributed by atoms with Crippen molar-refractivity contribution in [1.82, 2.24) is 10.3 Å². The zero-order valence-corrected chi connectivity index (χ0v) is 11.6. The Morgan fingerprint density at radius 3 is 2.94 bits per heavy atom. The highest BCUT2D eigenvalue weighted by molar-refractivity contribution is 7.80. The monoisotopic (exact) mass is 261 g/mol. The van der Waals surface area contributed by atoms with Crippen molar-refractivity contribution in [3.63, 3.8) is 0 Å². The molecule has 0 radical (unpaired) electrons. The van der Waals surface area contributed by atoms with Crippen LogP contribution in [0.2, 0.25) is 0 Å². The molecule has 0 amide bonds. The van der Waals surface area contributed by atoms with Crippen LogP contribution >= 0.6 is 12.2 Å². The van der Waals surface area contributed by atoms with Gasteiger partial charge in [0.1, 0.15) is 0 Å². The molecule has 1 heterocycles. The summed E-state index contributed by atoms with van der Waals surface area (Å²) >= 11 is 5.29. The lowest BCUT2D eigenvalue weighted by Gasteiger charge is -2.12. The summed E-state index contributed by atoms with van der Waals surface area (Å²) in [7, 11) is 0. The number of aromatic nitrogens is 1. The van der Waals surface area contributed by atoms with Gasteiger partial charge in [-0.3, -0.25) is 0 Å². The zero-order valence-electron chi connectivity index (χ0n) is 10.8. The third-order valence-electron chi connectivity index (χ3n) is 2.84. The number of fused-ring (bicyclic) bond motifs is 1. The van der Waals surface area contributed by atoms with E-state index < -0.39 is 0 Å². The number of H-pyrrole nitrogens is 1. The van der Waals surface area contributed by atoms with E-state index in [-0.39, 0.29) is 0 Å². The fourth-order valence-corrected chi connectivity index (χ4v) is 2.04. The van der Waals surface area contributed by atoms with Crippen molar-refractivity contribution in [2.24, 2.45) is 5.92 Å². The normalized spacial score (nSPS) is 10.8. The Labute approximate surface area is 113 Å². The molecular formula is C14H19N3S. The van der Waals surface area contributed by atoms with E-state index in [2.05, 4.69) is 41.6 Å². The Kier molecular flexibility index (Phi) is 4.20. The van der Waals surface area contributed by atoms with Gasteiger partial charge >= 0.3 is 0 Å². The predicted octanol–water partition coefficient (Wildman–Crippen LogP) is 3.50. The molecule has 18 heavy (non-hydrogen) atoms. The lowest BCUT2D eigenvalue weighted by Crippen LogP contribution is -2.29. The van der Waals surface area contributed by atoms with Gasteiger partial charge in [-0.05, 0) is 36.7 Å². The van der Waals surface area contributed by atoms with Crippen LogP contribution in [-0.4, -0.2) is 16.6 Å². The molecule has 2 rings (SSSR count). The molecule has 0 bridgehead atoms. The van der Waals surface area contributed by atoms with Crippen LogP contribution in [0.15, 0.2) is 30.5 Å². The van der Waals surface area contributed by atoms with E-state index in [0.717, 1.165) is 24.2 Å². The summed E-state index contributed by atoms with van der Waals surface area (Å²) in [6.07, 6.45) is 3.06. The van der Waals surface area contributed by atoms with Crippen LogP contribution in [0.3, 0.4) is 0 Å². The van der Waals surface area contributed by atoms with Crippen LogP contribution in [0.1, 0.15) is 20.3 Å². The first-order chi connectivity index (χ1) is 8.66. The molecule has 0 unspecified atom stereocenters. The fraction of sp³-hybridized carbons (Fsp3) is 0.357. The van der Waals surface area contributed by atoms with Crippen LogP contribution < -0.4 is 10.6 Å². The van der Waals surface area contributed by atoms with Gasteiger partial charge in [-0.1, -0.05) is 26.0 Å². The molecule has 0 aliphatic heterocycles. The van der Waals surface area contributed by atoms with Crippen molar-refractivity contribution in [3.8, 4) is 0 Å². The first-order valence-corrected chi connectivity index (χ1v) is 6.68. The third-order valence-corrected chi connectivity index (χ3v) is 3.09. The highest BCUT2D eigenvalue weighted by Crippen LogP contribution is 2.21. The van der Waals surface area contributed by atoms with Crippen molar-refractivity contribution in [1.29, 1.82) is 0 Å². The molecule has 0 fully saturated rings. The first-order valence-electron chi connectivity index (χ1n) is 6.28. The van der Waals surface area contributed by atoms with Gasteiger partial charge in [0.05, 0.1) is 11.2 Å². The second kappa shape index (κ2) is 5.87. The molecule has 0 spiro atoms. The Morgan fingerprint density at radius 1 is 1.33 bits per heavy atom. The average Bonchev–Trinajstić information content (AvgIpc) is 2.77. The van der Waals surface area contributed by atoms with Gasteiger partial charge in [0, 0.05) is 18.1 Å². The minimum atomic E-state index is 0.678. The van der Waals surface area contributed by atoms with E-state index in [4.69, 9.17) is 12.2 Å². The van der Waals surface area contributed by atoms with E-state index in [1.165, 1.54) is 5.39 Å². The predicted molar refractivity (Wildman–Crippen MR) is 82.0 cm³/mol. The summed E-state index contributed by atoms with van der Waals surface area (Å²) in [6, 6.07) is 8.17. The summed E-state index contributed by atoms with van der Waals surface area (Å²) in [5.41, 5.74) is 2.10. The Balaban J connectivity index is 1.96. The first kappa shape index (κ1) is 12.9. The lowest BCUT2D eigenvalue weighted by atomic mass is 10.1. The van der Waals surface area contributed by atoms with Crippen molar-refractivity contribution in [3.05, 3.63) is 30.5 Å². The number of anilines is 1. The second-order valence-electron chi connectivity index (χ2n) is 4.81. The van der Waals surface area contributed by atoms with Gasteiger partial charge in [0.2, 0.25) is 0 Å². The topological polar surface area (TPSA) is 39.8 Å². The summed E-state index contributed by atoms with van der Waals surface area (Å²) in [5, 5.41) is 8.32. The van der Waals surface area contributed by atoms with Crippen LogP contribution in [0.25, 0.3) is 10.9 Å². The van der Waals surface area contributed by atoms with E-state index in [1.54, 1.807) is 0 Å². The quantitative estimate of drug-likeness (QED) is 0.738. The van der Waals surface area contributed by atoms with Gasteiger partial charge in [0.15, 0.2) is 5.11 Å². The number of thiocarbonyl (C=S) groups is 1. The lowest BCUT2D eigenvalue weighted by molar-refractivity contribution is 0.579. The maximum atomic E-state index is 5.29. The van der Waals surface area contributed by atoms with Crippen molar-refractivity contribution >= 4 is 33.9 Å². The van der Waals surface area contributed by atoms with Gasteiger partial charge in [-0.2, -0.15) is 0 Å². The Bertz CT molecular complexity index is 531. The number of hydrogen-bond donors (Lipinski definition) is 3. The third kappa shape index (κ3) is 3.23. The maximum Gasteiger partial charge on any atom is 0.170 e. The van der Waals surface area contributed by atoms with E-state index >= 15 is 0 Å². The summed E-state index contributed by atoms with van der Waals surface area (Å²) in [5.74, 6) is 0.687. The molecule has 96 valence electrons. The smallest absolute Gasteiger partial charge is 0.170 e. The molecule has 0 saturated heterocycles. The molecular weight excluding hydrogens is 242 g/mol. The van der Waals surface area contributed by atoms with Crippen LogP contribution in [0.4, 0.5) is 5.69 Å². The second-order valence-corrected chi connectivity index (χ2v) is 5.22. The van der Waals surface area contributed by atoms with Gasteiger partial charge < -0.3 is 15.6 Å². The SMILES string of the molecule is CC(C)CCNC(=S)Nc1cccc2cc[nH]c12. The molecule has 2 aromatic rings. The van der Waals surface area contributed by atoms with E-state index in [9.17, 15) is 0 Å². The molecule has 3 N–H and O–H groups in total. The average molecular weight is 261 g/mol. The standard InChI is InChI=1S/C14H19N3S/c1-10(2)6-8-16-14(18)17-12-5-3-4-11-7-9-15-13(11)12/h3-5,7,9-10,15H,6,8H2,1-2H3,(H2,16,17,18). The number of nitrogens with one attached hydrogen (secondary N) is 3. The van der Waals surface area contributed by atoms with Gasteiger partial charge in [0.25, 0.3) is 0 Å². The van der Waals surface area contributed by atoms with E-state index in [1.807, 2.05) is 18.3 Å². The van der Waals surface area contributed by atoms with Crippen LogP contribution in [0.5, 0.6) is 0 Å². The largest absolute Gasteiger partial charge is 0.362 e. The Hall–Kier alpha value is -1.55. The summed E-state index contributed by atoms with van der Waals surface area (Å²) in [6.45, 7) is 5.32. The van der Waals surface area contributed by atoms with Gasteiger partial charge in [-0.25, -0.2) is 0 Å². The molecule has 1 aromatic heterocycles. The molecule has 0 aliphatic rings. The van der Waals surface area contributed by atoms with Crippen LogP contribution in [-0.2, 0) is 0 Å². The zero-order chi connectivity index (χ0) is 13.0. The molecule has 0 aliphatic carbocycles. The number of para-hydroxylation sites is 1. The summed E-state index contributed by atoms with van der Waals surface area (Å²) < 4.78 is 0. The molecule has 4 heteroatoms. The number of rotatable bonds is 4. The van der Waals surface area contributed by atoms with E-state index in [0.29, 0.717) is 11.0 Å². The fourth-order valence-electron chi connectivity index (χ4n) is 1.83. The minimum absolute atomic E-state index is 0.678. The minimum Gasteiger partial charge on any atom is -0.362 e. The highest BCUT2D eigenvalue weighted by Gasteiger charge is 2.03. The van der Waals surface area contributed by atoms with Gasteiger partial charge in [-0.15, -0.1) is 0 Å². The number of hydrogen-bond acceptors (Lipinski definition) is 1. The molecule has 0 saturated carbocycles. The van der Waals surface area contributed by atoms with Crippen molar-refractivity contribution in [2.75, 3.05) is 11.9 Å². The number of benzene rings is 1. The van der Waals surface area contributed by atoms with Crippen LogP contribution in [0, 0.1) is 5.92 Å². The highest BCUT2D eigenvalue weighted by atomic mass is 32.1.